The quantitative estimate of drug-likeness (QED) is 0.849. The Labute approximate surface area is 99.4 Å². The molecule has 1 aliphatic rings. The van der Waals surface area contributed by atoms with Crippen LogP contribution >= 0.6 is 11.6 Å². The van der Waals surface area contributed by atoms with Crippen molar-refractivity contribution in [1.82, 2.24) is 5.32 Å². The van der Waals surface area contributed by atoms with Gasteiger partial charge >= 0.3 is 0 Å². The predicted octanol–water partition coefficient (Wildman–Crippen LogP) is 2.58. The van der Waals surface area contributed by atoms with Gasteiger partial charge in [0.15, 0.2) is 0 Å². The lowest BCUT2D eigenvalue weighted by Crippen LogP contribution is -2.24. The minimum atomic E-state index is -0.241. The molecular formula is C12H14ClNO2. The Morgan fingerprint density at radius 3 is 2.88 bits per heavy atom. The molecule has 1 saturated carbocycles. The van der Waals surface area contributed by atoms with E-state index in [0.29, 0.717) is 11.6 Å². The van der Waals surface area contributed by atoms with E-state index in [1.54, 1.807) is 6.07 Å². The molecule has 0 atom stereocenters. The second-order valence-electron chi connectivity index (χ2n) is 4.15. The van der Waals surface area contributed by atoms with Gasteiger partial charge in [-0.1, -0.05) is 24.4 Å². The molecule has 0 aromatic heterocycles. The van der Waals surface area contributed by atoms with Gasteiger partial charge in [-0.2, -0.15) is 0 Å². The van der Waals surface area contributed by atoms with Crippen LogP contribution in [0.15, 0.2) is 18.2 Å². The molecule has 0 radical (unpaired) electrons. The molecule has 0 unspecified atom stereocenters. The van der Waals surface area contributed by atoms with Crippen LogP contribution in [0.4, 0.5) is 0 Å². The van der Waals surface area contributed by atoms with Gasteiger partial charge in [0.25, 0.3) is 5.91 Å². The largest absolute Gasteiger partial charge is 0.507 e. The Kier molecular flexibility index (Phi) is 3.34. The maximum Gasteiger partial charge on any atom is 0.255 e. The average molecular weight is 240 g/mol. The van der Waals surface area contributed by atoms with Gasteiger partial charge in [0.05, 0.1) is 5.56 Å². The summed E-state index contributed by atoms with van der Waals surface area (Å²) in [6.07, 6.45) is 3.59. The first-order chi connectivity index (χ1) is 7.66. The van der Waals surface area contributed by atoms with E-state index in [0.717, 1.165) is 12.3 Å². The Morgan fingerprint density at radius 1 is 1.50 bits per heavy atom. The molecule has 0 heterocycles. The van der Waals surface area contributed by atoms with Crippen LogP contribution in [-0.4, -0.2) is 17.6 Å². The van der Waals surface area contributed by atoms with Crippen molar-refractivity contribution < 1.29 is 9.90 Å². The second kappa shape index (κ2) is 4.74. The second-order valence-corrected chi connectivity index (χ2v) is 4.59. The summed E-state index contributed by atoms with van der Waals surface area (Å²) in [6, 6.07) is 4.50. The van der Waals surface area contributed by atoms with E-state index in [-0.39, 0.29) is 17.2 Å². The van der Waals surface area contributed by atoms with Crippen molar-refractivity contribution in [3.8, 4) is 5.75 Å². The van der Waals surface area contributed by atoms with Gasteiger partial charge in [0.2, 0.25) is 0 Å². The Balaban J connectivity index is 1.91. The maximum atomic E-state index is 11.7. The summed E-state index contributed by atoms with van der Waals surface area (Å²) in [5, 5.41) is 12.7. The van der Waals surface area contributed by atoms with E-state index in [9.17, 15) is 9.90 Å². The van der Waals surface area contributed by atoms with Gasteiger partial charge in [0.1, 0.15) is 5.75 Å². The zero-order valence-corrected chi connectivity index (χ0v) is 9.63. The number of carbonyl (C=O) groups excluding carboxylic acids is 1. The number of amides is 1. The Hall–Kier alpha value is -1.22. The van der Waals surface area contributed by atoms with Crippen LogP contribution in [0.5, 0.6) is 5.75 Å². The van der Waals surface area contributed by atoms with Gasteiger partial charge in [-0.25, -0.2) is 0 Å². The van der Waals surface area contributed by atoms with Crippen molar-refractivity contribution >= 4 is 17.5 Å². The lowest BCUT2D eigenvalue weighted by molar-refractivity contribution is 0.0950. The first kappa shape index (κ1) is 11.3. The highest BCUT2D eigenvalue weighted by atomic mass is 35.5. The third-order valence-corrected chi connectivity index (χ3v) is 2.97. The van der Waals surface area contributed by atoms with E-state index in [1.165, 1.54) is 25.0 Å². The molecule has 4 heteroatoms. The molecule has 2 rings (SSSR count). The minimum absolute atomic E-state index is 0.0728. The highest BCUT2D eigenvalue weighted by Gasteiger charge is 2.21. The van der Waals surface area contributed by atoms with Crippen LogP contribution in [-0.2, 0) is 0 Å². The molecule has 0 bridgehead atoms. The van der Waals surface area contributed by atoms with Crippen molar-refractivity contribution in [2.24, 2.45) is 5.92 Å². The van der Waals surface area contributed by atoms with Crippen molar-refractivity contribution in [2.75, 3.05) is 6.54 Å². The van der Waals surface area contributed by atoms with Crippen LogP contribution in [0.2, 0.25) is 5.02 Å². The van der Waals surface area contributed by atoms with Crippen molar-refractivity contribution in [1.29, 1.82) is 0 Å². The summed E-state index contributed by atoms with van der Waals surface area (Å²) in [4.78, 5) is 11.7. The van der Waals surface area contributed by atoms with E-state index < -0.39 is 0 Å². The number of hydrogen-bond acceptors (Lipinski definition) is 2. The standard InChI is InChI=1S/C12H14ClNO2/c13-9-3-4-10(11(15)7-9)12(16)14-6-5-8-1-2-8/h3-4,7-8,15H,1-2,5-6H2,(H,14,16). The normalized spacial score (nSPS) is 14.8. The zero-order valence-electron chi connectivity index (χ0n) is 8.87. The van der Waals surface area contributed by atoms with Gasteiger partial charge < -0.3 is 10.4 Å². The van der Waals surface area contributed by atoms with Gasteiger partial charge in [0, 0.05) is 11.6 Å². The van der Waals surface area contributed by atoms with Gasteiger partial charge in [-0.15, -0.1) is 0 Å². The molecule has 3 nitrogen and oxygen atoms in total. The molecule has 1 aromatic rings. The molecule has 86 valence electrons. The molecule has 2 N–H and O–H groups in total. The van der Waals surface area contributed by atoms with Crippen LogP contribution in [0, 0.1) is 5.92 Å². The van der Waals surface area contributed by atoms with Crippen molar-refractivity contribution in [2.45, 2.75) is 19.3 Å². The number of phenolic OH excluding ortho intramolecular Hbond substituents is 1. The Bertz CT molecular complexity index is 402. The summed E-state index contributed by atoms with van der Waals surface area (Å²) < 4.78 is 0. The first-order valence-corrected chi connectivity index (χ1v) is 5.81. The summed E-state index contributed by atoms with van der Waals surface area (Å²) in [5.41, 5.74) is 0.278. The molecular weight excluding hydrogens is 226 g/mol. The first-order valence-electron chi connectivity index (χ1n) is 5.43. The van der Waals surface area contributed by atoms with Crippen LogP contribution in [0.3, 0.4) is 0 Å². The Morgan fingerprint density at radius 2 is 2.25 bits per heavy atom. The summed E-state index contributed by atoms with van der Waals surface area (Å²) >= 11 is 5.68. The number of carbonyl (C=O) groups is 1. The number of rotatable bonds is 4. The fraction of sp³-hybridized carbons (Fsp3) is 0.417. The molecule has 0 spiro atoms. The third kappa shape index (κ3) is 2.89. The highest BCUT2D eigenvalue weighted by Crippen LogP contribution is 2.31. The van der Waals surface area contributed by atoms with Gasteiger partial charge in [-0.3, -0.25) is 4.79 Å². The fourth-order valence-electron chi connectivity index (χ4n) is 1.59. The SMILES string of the molecule is O=C(NCCC1CC1)c1ccc(Cl)cc1O. The minimum Gasteiger partial charge on any atom is -0.507 e. The molecule has 1 amide bonds. The van der Waals surface area contributed by atoms with E-state index in [2.05, 4.69) is 5.32 Å². The van der Waals surface area contributed by atoms with E-state index in [4.69, 9.17) is 11.6 Å². The summed E-state index contributed by atoms with van der Waals surface area (Å²) in [5.74, 6) is 0.477. The zero-order chi connectivity index (χ0) is 11.5. The third-order valence-electron chi connectivity index (χ3n) is 2.74. The van der Waals surface area contributed by atoms with Crippen molar-refractivity contribution in [3.05, 3.63) is 28.8 Å². The lowest BCUT2D eigenvalue weighted by Gasteiger charge is -2.06. The molecule has 0 saturated heterocycles. The number of benzene rings is 1. The fourth-order valence-corrected chi connectivity index (χ4v) is 1.75. The van der Waals surface area contributed by atoms with Crippen molar-refractivity contribution in [3.63, 3.8) is 0 Å². The number of phenols is 1. The number of halogens is 1. The van der Waals surface area contributed by atoms with Crippen LogP contribution in [0.1, 0.15) is 29.6 Å². The van der Waals surface area contributed by atoms with Crippen LogP contribution < -0.4 is 5.32 Å². The maximum absolute atomic E-state index is 11.7. The summed E-state index contributed by atoms with van der Waals surface area (Å²) in [6.45, 7) is 0.672. The molecule has 1 aliphatic carbocycles. The number of nitrogens with one attached hydrogen (secondary N) is 1. The molecule has 1 aromatic carbocycles. The molecule has 1 fully saturated rings. The number of aromatic hydroxyl groups is 1. The number of hydrogen-bond donors (Lipinski definition) is 2. The molecule has 16 heavy (non-hydrogen) atoms. The summed E-state index contributed by atoms with van der Waals surface area (Å²) in [7, 11) is 0. The smallest absolute Gasteiger partial charge is 0.255 e. The van der Waals surface area contributed by atoms with Crippen LogP contribution in [0.25, 0.3) is 0 Å². The lowest BCUT2D eigenvalue weighted by atomic mass is 10.2. The predicted molar refractivity (Wildman–Crippen MR) is 62.8 cm³/mol. The van der Waals surface area contributed by atoms with E-state index >= 15 is 0 Å². The monoisotopic (exact) mass is 239 g/mol. The van der Waals surface area contributed by atoms with E-state index in [1.807, 2.05) is 0 Å². The molecule has 0 aliphatic heterocycles. The topological polar surface area (TPSA) is 49.3 Å². The van der Waals surface area contributed by atoms with Gasteiger partial charge in [-0.05, 0) is 30.5 Å². The average Bonchev–Trinajstić information content (AvgIpc) is 3.01. The highest BCUT2D eigenvalue weighted by molar-refractivity contribution is 6.30.